The molecule has 2 atom stereocenters. The van der Waals surface area contributed by atoms with Gasteiger partial charge in [0.15, 0.2) is 0 Å². The monoisotopic (exact) mass is 312 g/mol. The van der Waals surface area contributed by atoms with Crippen molar-refractivity contribution in [1.82, 2.24) is 10.3 Å². The summed E-state index contributed by atoms with van der Waals surface area (Å²) < 4.78 is 0. The molecule has 4 nitrogen and oxygen atoms in total. The molecule has 0 radical (unpaired) electrons. The number of pyridine rings is 1. The van der Waals surface area contributed by atoms with Gasteiger partial charge in [-0.2, -0.15) is 0 Å². The number of carbonyl (C=O) groups excluding carboxylic acids is 1. The predicted molar refractivity (Wildman–Crippen MR) is 74.1 cm³/mol. The van der Waals surface area contributed by atoms with Crippen molar-refractivity contribution in [2.45, 2.75) is 30.5 Å². The van der Waals surface area contributed by atoms with Gasteiger partial charge < -0.3 is 10.3 Å². The lowest BCUT2D eigenvalue weighted by Gasteiger charge is -2.27. The van der Waals surface area contributed by atoms with Crippen LogP contribution in [0.2, 0.25) is 0 Å². The van der Waals surface area contributed by atoms with Gasteiger partial charge in [-0.25, -0.2) is 0 Å². The van der Waals surface area contributed by atoms with Crippen LogP contribution in [-0.2, 0) is 0 Å². The molecule has 1 aliphatic carbocycles. The Morgan fingerprint density at radius 1 is 1.39 bits per heavy atom. The molecule has 0 saturated heterocycles. The molecule has 1 saturated carbocycles. The minimum Gasteiger partial charge on any atom is -0.352 e. The van der Waals surface area contributed by atoms with Gasteiger partial charge in [0.25, 0.3) is 5.91 Å². The number of hydrogen-bond acceptors (Lipinski definition) is 2. The number of aromatic amines is 1. The summed E-state index contributed by atoms with van der Waals surface area (Å²) >= 11 is 3.67. The van der Waals surface area contributed by atoms with Crippen molar-refractivity contribution in [2.75, 3.05) is 6.54 Å². The molecule has 1 aliphatic rings. The minimum absolute atomic E-state index is 0.128. The third kappa shape index (κ3) is 3.45. The first-order valence-electron chi connectivity index (χ1n) is 6.28. The lowest BCUT2D eigenvalue weighted by atomic mass is 9.89. The number of nitrogens with one attached hydrogen (secondary N) is 2. The topological polar surface area (TPSA) is 62.0 Å². The number of halogens is 1. The molecular formula is C13H17BrN2O2. The summed E-state index contributed by atoms with van der Waals surface area (Å²) in [5.41, 5.74) is 0.302. The number of hydrogen-bond donors (Lipinski definition) is 2. The molecule has 5 heteroatoms. The lowest BCUT2D eigenvalue weighted by molar-refractivity contribution is 0.0944. The van der Waals surface area contributed by atoms with Gasteiger partial charge in [-0.15, -0.1) is 0 Å². The zero-order chi connectivity index (χ0) is 13.0. The number of aromatic nitrogens is 1. The Bertz CT molecular complexity index is 452. The van der Waals surface area contributed by atoms with E-state index in [0.717, 1.165) is 6.42 Å². The van der Waals surface area contributed by atoms with E-state index in [0.29, 0.717) is 22.9 Å². The van der Waals surface area contributed by atoms with Crippen molar-refractivity contribution in [3.05, 3.63) is 34.2 Å². The summed E-state index contributed by atoms with van der Waals surface area (Å²) in [6.07, 6.45) is 6.28. The Balaban J connectivity index is 1.87. The Morgan fingerprint density at radius 3 is 2.83 bits per heavy atom. The first-order chi connectivity index (χ1) is 8.66. The standard InChI is InChI=1S/C13H17BrN2O2/c14-11-4-2-1-3-9(11)7-16-13(18)10-5-6-12(17)15-8-10/h5-6,8-9,11H,1-4,7H2,(H,15,17)(H,16,18). The quantitative estimate of drug-likeness (QED) is 0.839. The number of carbonyl (C=O) groups is 1. The smallest absolute Gasteiger partial charge is 0.252 e. The van der Waals surface area contributed by atoms with Crippen molar-refractivity contribution in [3.63, 3.8) is 0 Å². The van der Waals surface area contributed by atoms with Crippen LogP contribution in [0.5, 0.6) is 0 Å². The highest BCUT2D eigenvalue weighted by Gasteiger charge is 2.23. The van der Waals surface area contributed by atoms with E-state index in [1.54, 1.807) is 6.07 Å². The fourth-order valence-corrected chi connectivity index (χ4v) is 3.04. The summed E-state index contributed by atoms with van der Waals surface area (Å²) in [6.45, 7) is 0.688. The second-order valence-corrected chi connectivity index (χ2v) is 5.89. The molecule has 1 amide bonds. The molecule has 0 spiro atoms. The minimum atomic E-state index is -0.195. The fraction of sp³-hybridized carbons (Fsp3) is 0.538. The number of H-pyrrole nitrogens is 1. The van der Waals surface area contributed by atoms with Crippen LogP contribution in [-0.4, -0.2) is 22.3 Å². The highest BCUT2D eigenvalue weighted by Crippen LogP contribution is 2.29. The Kier molecular flexibility index (Phi) is 4.58. The molecule has 1 aromatic rings. The molecule has 1 aromatic heterocycles. The third-order valence-electron chi connectivity index (χ3n) is 3.39. The highest BCUT2D eigenvalue weighted by molar-refractivity contribution is 9.09. The average molecular weight is 313 g/mol. The Hall–Kier alpha value is -1.10. The van der Waals surface area contributed by atoms with Crippen molar-refractivity contribution >= 4 is 21.8 Å². The van der Waals surface area contributed by atoms with E-state index in [1.807, 2.05) is 0 Å². The Labute approximate surface area is 114 Å². The number of rotatable bonds is 3. The van der Waals surface area contributed by atoms with Crippen molar-refractivity contribution in [3.8, 4) is 0 Å². The third-order valence-corrected chi connectivity index (χ3v) is 4.59. The maximum Gasteiger partial charge on any atom is 0.252 e. The summed E-state index contributed by atoms with van der Waals surface area (Å²) in [5.74, 6) is 0.377. The van der Waals surface area contributed by atoms with Gasteiger partial charge in [0, 0.05) is 23.6 Å². The van der Waals surface area contributed by atoms with Crippen molar-refractivity contribution in [2.24, 2.45) is 5.92 Å². The maximum absolute atomic E-state index is 11.9. The van der Waals surface area contributed by atoms with Crippen LogP contribution in [0, 0.1) is 5.92 Å². The van der Waals surface area contributed by atoms with E-state index in [-0.39, 0.29) is 11.5 Å². The summed E-state index contributed by atoms with van der Waals surface area (Å²) in [4.78, 5) is 25.8. The van der Waals surface area contributed by atoms with E-state index in [2.05, 4.69) is 26.2 Å². The van der Waals surface area contributed by atoms with Crippen LogP contribution < -0.4 is 10.9 Å². The molecular weight excluding hydrogens is 296 g/mol. The van der Waals surface area contributed by atoms with Gasteiger partial charge in [-0.05, 0) is 24.8 Å². The van der Waals surface area contributed by atoms with Gasteiger partial charge in [0.1, 0.15) is 0 Å². The van der Waals surface area contributed by atoms with Crippen LogP contribution in [0.15, 0.2) is 23.1 Å². The van der Waals surface area contributed by atoms with E-state index in [9.17, 15) is 9.59 Å². The fourth-order valence-electron chi connectivity index (χ4n) is 2.27. The molecule has 1 heterocycles. The van der Waals surface area contributed by atoms with Gasteiger partial charge >= 0.3 is 0 Å². The van der Waals surface area contributed by atoms with Crippen LogP contribution in [0.25, 0.3) is 0 Å². The zero-order valence-electron chi connectivity index (χ0n) is 10.1. The largest absolute Gasteiger partial charge is 0.352 e. The van der Waals surface area contributed by atoms with Gasteiger partial charge in [0.05, 0.1) is 5.56 Å². The predicted octanol–water partition coefficient (Wildman–Crippen LogP) is 2.06. The van der Waals surface area contributed by atoms with Crippen molar-refractivity contribution < 1.29 is 4.79 Å². The Morgan fingerprint density at radius 2 is 2.17 bits per heavy atom. The molecule has 2 unspecified atom stereocenters. The summed E-state index contributed by atoms with van der Waals surface area (Å²) in [6, 6.07) is 2.91. The van der Waals surface area contributed by atoms with E-state index in [1.165, 1.54) is 31.5 Å². The lowest BCUT2D eigenvalue weighted by Crippen LogP contribution is -2.34. The molecule has 98 valence electrons. The average Bonchev–Trinajstić information content (AvgIpc) is 2.38. The van der Waals surface area contributed by atoms with Crippen LogP contribution in [0.4, 0.5) is 0 Å². The first kappa shape index (κ1) is 13.3. The maximum atomic E-state index is 11.9. The van der Waals surface area contributed by atoms with Gasteiger partial charge in [-0.3, -0.25) is 9.59 Å². The van der Waals surface area contributed by atoms with Gasteiger partial charge in [0.2, 0.25) is 5.56 Å². The summed E-state index contributed by atoms with van der Waals surface area (Å²) in [7, 11) is 0. The van der Waals surface area contributed by atoms with E-state index >= 15 is 0 Å². The summed E-state index contributed by atoms with van der Waals surface area (Å²) in [5, 5.41) is 2.93. The molecule has 0 bridgehead atoms. The van der Waals surface area contributed by atoms with Gasteiger partial charge in [-0.1, -0.05) is 28.8 Å². The van der Waals surface area contributed by atoms with E-state index in [4.69, 9.17) is 0 Å². The molecule has 0 aromatic carbocycles. The highest BCUT2D eigenvalue weighted by atomic mass is 79.9. The normalized spacial score (nSPS) is 23.6. The number of amides is 1. The first-order valence-corrected chi connectivity index (χ1v) is 7.19. The molecule has 0 aliphatic heterocycles. The molecule has 2 N–H and O–H groups in total. The van der Waals surface area contributed by atoms with Crippen LogP contribution in [0.3, 0.4) is 0 Å². The SMILES string of the molecule is O=C(NCC1CCCCC1Br)c1ccc(=O)[nH]c1. The van der Waals surface area contributed by atoms with Crippen LogP contribution >= 0.6 is 15.9 Å². The zero-order valence-corrected chi connectivity index (χ0v) is 11.7. The van der Waals surface area contributed by atoms with Crippen LogP contribution in [0.1, 0.15) is 36.0 Å². The molecule has 18 heavy (non-hydrogen) atoms. The van der Waals surface area contributed by atoms with E-state index < -0.39 is 0 Å². The molecule has 2 rings (SSSR count). The van der Waals surface area contributed by atoms with Crippen molar-refractivity contribution in [1.29, 1.82) is 0 Å². The number of alkyl halides is 1. The second-order valence-electron chi connectivity index (χ2n) is 4.71. The molecule has 1 fully saturated rings. The second kappa shape index (κ2) is 6.18.